The summed E-state index contributed by atoms with van der Waals surface area (Å²) in [6.45, 7) is 5.55. The Morgan fingerprint density at radius 3 is 2.48 bits per heavy atom. The summed E-state index contributed by atoms with van der Waals surface area (Å²) >= 11 is 1.24. The van der Waals surface area contributed by atoms with Gasteiger partial charge in [0.15, 0.2) is 11.8 Å². The number of nitrogens with two attached hydrogens (primary N) is 1. The number of carbonyl (C=O) groups excluding carboxylic acids is 3. The van der Waals surface area contributed by atoms with Crippen LogP contribution in [0.5, 0.6) is 5.75 Å². The lowest BCUT2D eigenvalue weighted by molar-refractivity contribution is -0.130. The number of aromatic nitrogens is 1. The van der Waals surface area contributed by atoms with Crippen molar-refractivity contribution in [2.24, 2.45) is 11.7 Å². The highest BCUT2D eigenvalue weighted by molar-refractivity contribution is 7.09. The number of aryl methyl sites for hydroxylation is 1. The van der Waals surface area contributed by atoms with E-state index in [9.17, 15) is 14.4 Å². The van der Waals surface area contributed by atoms with Crippen molar-refractivity contribution in [2.45, 2.75) is 33.5 Å². The van der Waals surface area contributed by atoms with Crippen LogP contribution in [0.3, 0.4) is 0 Å². The van der Waals surface area contributed by atoms with E-state index in [2.05, 4.69) is 4.98 Å². The molecule has 27 heavy (non-hydrogen) atoms. The van der Waals surface area contributed by atoms with Crippen molar-refractivity contribution >= 4 is 29.2 Å². The number of esters is 1. The SMILES string of the molecule is Cc1ccc(OCc2nc(C(=O)OC(C(=O)NC(N)=O)C(C)C)cs2)cc1. The standard InChI is InChI=1S/C18H21N3O5S/c1-10(2)15(16(22)21-18(19)24)26-17(23)13-9-27-14(20-13)8-25-12-6-4-11(3)5-7-12/h4-7,9-10,15H,8H2,1-3H3,(H3,19,21,22,24). The number of carbonyl (C=O) groups is 3. The van der Waals surface area contributed by atoms with Crippen LogP contribution in [0.2, 0.25) is 0 Å². The molecule has 0 saturated carbocycles. The number of hydrogen-bond donors (Lipinski definition) is 2. The van der Waals surface area contributed by atoms with Crippen LogP contribution in [0, 0.1) is 12.8 Å². The van der Waals surface area contributed by atoms with Gasteiger partial charge in [0.1, 0.15) is 17.4 Å². The Bertz CT molecular complexity index is 817. The summed E-state index contributed by atoms with van der Waals surface area (Å²) in [4.78, 5) is 39.2. The Kier molecular flexibility index (Phi) is 6.89. The molecule has 0 saturated heterocycles. The summed E-state index contributed by atoms with van der Waals surface area (Å²) in [5.74, 6) is -1.19. The maximum atomic E-state index is 12.3. The van der Waals surface area contributed by atoms with E-state index in [4.69, 9.17) is 15.2 Å². The zero-order valence-corrected chi connectivity index (χ0v) is 16.0. The summed E-state index contributed by atoms with van der Waals surface area (Å²) in [5.41, 5.74) is 6.13. The van der Waals surface area contributed by atoms with Crippen LogP contribution in [0.1, 0.15) is 34.9 Å². The average Bonchev–Trinajstić information content (AvgIpc) is 3.07. The first-order valence-electron chi connectivity index (χ1n) is 8.21. The van der Waals surface area contributed by atoms with Gasteiger partial charge in [-0.1, -0.05) is 31.5 Å². The van der Waals surface area contributed by atoms with Gasteiger partial charge in [-0.15, -0.1) is 11.3 Å². The van der Waals surface area contributed by atoms with Crippen LogP contribution in [0.15, 0.2) is 29.6 Å². The molecule has 1 unspecified atom stereocenters. The van der Waals surface area contributed by atoms with Crippen molar-refractivity contribution in [1.29, 1.82) is 0 Å². The molecule has 3 N–H and O–H groups in total. The molecule has 0 aliphatic heterocycles. The fraction of sp³-hybridized carbons (Fsp3) is 0.333. The summed E-state index contributed by atoms with van der Waals surface area (Å²) in [6, 6.07) is 6.56. The third-order valence-corrected chi connectivity index (χ3v) is 4.31. The molecule has 144 valence electrons. The highest BCUT2D eigenvalue weighted by Crippen LogP contribution is 2.18. The van der Waals surface area contributed by atoms with Crippen molar-refractivity contribution in [3.05, 3.63) is 45.9 Å². The second-order valence-corrected chi connectivity index (χ2v) is 7.09. The van der Waals surface area contributed by atoms with Gasteiger partial charge in [-0.05, 0) is 25.0 Å². The van der Waals surface area contributed by atoms with E-state index >= 15 is 0 Å². The van der Waals surface area contributed by atoms with Crippen molar-refractivity contribution in [3.63, 3.8) is 0 Å². The number of nitrogens with one attached hydrogen (secondary N) is 1. The topological polar surface area (TPSA) is 121 Å². The largest absolute Gasteiger partial charge is 0.486 e. The molecule has 2 rings (SSSR count). The van der Waals surface area contributed by atoms with Crippen molar-refractivity contribution in [3.8, 4) is 5.75 Å². The van der Waals surface area contributed by atoms with Crippen LogP contribution in [0.25, 0.3) is 0 Å². The number of ether oxygens (including phenoxy) is 2. The minimum absolute atomic E-state index is 0.0695. The van der Waals surface area contributed by atoms with E-state index in [1.54, 1.807) is 13.8 Å². The molecule has 1 aromatic carbocycles. The van der Waals surface area contributed by atoms with E-state index in [-0.39, 0.29) is 18.2 Å². The second kappa shape index (κ2) is 9.13. The van der Waals surface area contributed by atoms with E-state index < -0.39 is 24.0 Å². The predicted molar refractivity (Wildman–Crippen MR) is 99.4 cm³/mol. The van der Waals surface area contributed by atoms with Crippen LogP contribution in [-0.2, 0) is 16.1 Å². The molecular weight excluding hydrogens is 370 g/mol. The van der Waals surface area contributed by atoms with Gasteiger partial charge < -0.3 is 15.2 Å². The van der Waals surface area contributed by atoms with E-state index in [0.717, 1.165) is 5.56 Å². The molecule has 0 aliphatic carbocycles. The molecule has 0 aliphatic rings. The van der Waals surface area contributed by atoms with Crippen molar-refractivity contribution in [2.75, 3.05) is 0 Å². The lowest BCUT2D eigenvalue weighted by Gasteiger charge is -2.19. The van der Waals surface area contributed by atoms with Crippen LogP contribution in [0.4, 0.5) is 4.79 Å². The quantitative estimate of drug-likeness (QED) is 0.699. The first-order valence-corrected chi connectivity index (χ1v) is 9.09. The zero-order valence-electron chi connectivity index (χ0n) is 15.2. The van der Waals surface area contributed by atoms with Gasteiger partial charge in [0.05, 0.1) is 0 Å². The molecule has 1 atom stereocenters. The van der Waals surface area contributed by atoms with Gasteiger partial charge in [-0.2, -0.15) is 0 Å². The number of primary amides is 1. The average molecular weight is 391 g/mol. The monoisotopic (exact) mass is 391 g/mol. The maximum Gasteiger partial charge on any atom is 0.358 e. The number of imide groups is 1. The molecular formula is C18H21N3O5S. The molecule has 0 radical (unpaired) electrons. The first kappa shape index (κ1) is 20.4. The van der Waals surface area contributed by atoms with Crippen molar-refractivity contribution in [1.82, 2.24) is 10.3 Å². The van der Waals surface area contributed by atoms with E-state index in [1.807, 2.05) is 36.5 Å². The Morgan fingerprint density at radius 2 is 1.89 bits per heavy atom. The number of rotatable bonds is 7. The molecule has 9 heteroatoms. The smallest absolute Gasteiger partial charge is 0.358 e. The lowest BCUT2D eigenvalue weighted by Crippen LogP contribution is -2.45. The van der Waals surface area contributed by atoms with E-state index in [0.29, 0.717) is 10.8 Å². The third-order valence-electron chi connectivity index (χ3n) is 3.49. The van der Waals surface area contributed by atoms with Gasteiger partial charge in [0.2, 0.25) is 0 Å². The number of thiazole rings is 1. The Hall–Kier alpha value is -2.94. The van der Waals surface area contributed by atoms with Gasteiger partial charge >= 0.3 is 12.0 Å². The van der Waals surface area contributed by atoms with Crippen LogP contribution in [-0.4, -0.2) is 29.0 Å². The highest BCUT2D eigenvalue weighted by atomic mass is 32.1. The Morgan fingerprint density at radius 1 is 1.22 bits per heavy atom. The lowest BCUT2D eigenvalue weighted by atomic mass is 10.1. The molecule has 0 bridgehead atoms. The third kappa shape index (κ3) is 6.07. The molecule has 1 aromatic heterocycles. The van der Waals surface area contributed by atoms with E-state index in [1.165, 1.54) is 16.7 Å². The Labute approximate surface area is 160 Å². The first-order chi connectivity index (χ1) is 12.8. The maximum absolute atomic E-state index is 12.3. The minimum atomic E-state index is -1.15. The molecule has 0 fully saturated rings. The number of urea groups is 1. The summed E-state index contributed by atoms with van der Waals surface area (Å²) in [5, 5.41) is 4.03. The van der Waals surface area contributed by atoms with Crippen LogP contribution >= 0.6 is 11.3 Å². The molecule has 1 heterocycles. The molecule has 8 nitrogen and oxygen atoms in total. The second-order valence-electron chi connectivity index (χ2n) is 6.15. The normalized spacial score (nSPS) is 11.7. The predicted octanol–water partition coefficient (Wildman–Crippen LogP) is 2.41. The van der Waals surface area contributed by atoms with Gasteiger partial charge in [0, 0.05) is 5.38 Å². The highest BCUT2D eigenvalue weighted by Gasteiger charge is 2.28. The van der Waals surface area contributed by atoms with Gasteiger partial charge in [-0.3, -0.25) is 10.1 Å². The molecule has 2 aromatic rings. The fourth-order valence-electron chi connectivity index (χ4n) is 2.11. The minimum Gasteiger partial charge on any atom is -0.486 e. The van der Waals surface area contributed by atoms with Gasteiger partial charge in [-0.25, -0.2) is 14.6 Å². The zero-order chi connectivity index (χ0) is 20.0. The number of amides is 3. The summed E-state index contributed by atoms with van der Waals surface area (Å²) < 4.78 is 10.8. The number of benzene rings is 1. The number of hydrogen-bond acceptors (Lipinski definition) is 7. The summed E-state index contributed by atoms with van der Waals surface area (Å²) in [6.07, 6.45) is -1.15. The molecule has 0 spiro atoms. The Balaban J connectivity index is 1.97. The molecule has 3 amide bonds. The van der Waals surface area contributed by atoms with Gasteiger partial charge in [0.25, 0.3) is 5.91 Å². The fourth-order valence-corrected chi connectivity index (χ4v) is 2.79. The van der Waals surface area contributed by atoms with Crippen molar-refractivity contribution < 1.29 is 23.9 Å². The summed E-state index contributed by atoms with van der Waals surface area (Å²) in [7, 11) is 0. The van der Waals surface area contributed by atoms with Crippen LogP contribution < -0.4 is 15.8 Å². The number of nitrogens with zero attached hydrogens (tertiary/aromatic N) is 1.